The Kier molecular flexibility index (Phi) is 5.94. The van der Waals surface area contributed by atoms with Crippen LogP contribution in [0.5, 0.6) is 0 Å². The zero-order chi connectivity index (χ0) is 18.6. The number of hydrogen-bond donors (Lipinski definition) is 0. The first-order valence-electron chi connectivity index (χ1n) is 8.85. The van der Waals surface area contributed by atoms with Crippen LogP contribution in [-0.2, 0) is 16.2 Å². The molecule has 0 aliphatic heterocycles. The second kappa shape index (κ2) is 8.02. The highest BCUT2D eigenvalue weighted by Crippen LogP contribution is 2.58. The number of hydrogen-bond acceptors (Lipinski definition) is 2. The Morgan fingerprint density at radius 2 is 1.08 bits per heavy atom. The first kappa shape index (κ1) is 19.3. The molecular weight excluding hydrogens is 371 g/mol. The fraction of sp³-hybridized carbons (Fsp3) is 0.182. The molecule has 0 N–H and O–H groups in total. The summed E-state index contributed by atoms with van der Waals surface area (Å²) in [6.07, 6.45) is 0. The van der Waals surface area contributed by atoms with Gasteiger partial charge in [0.05, 0.1) is 0 Å². The molecule has 0 aliphatic rings. The normalized spacial score (nSPS) is 13.3. The van der Waals surface area contributed by atoms with Crippen LogP contribution in [-0.4, -0.2) is 8.32 Å². The molecule has 1 nitrogen and oxygen atoms in total. The summed E-state index contributed by atoms with van der Waals surface area (Å²) in [6.45, 7) is 6.70. The molecule has 0 aromatic heterocycles. The van der Waals surface area contributed by atoms with Crippen LogP contribution in [0.1, 0.15) is 11.4 Å². The minimum atomic E-state index is -2.21. The van der Waals surface area contributed by atoms with Gasteiger partial charge in [0.25, 0.3) is 0 Å². The van der Waals surface area contributed by atoms with Crippen molar-refractivity contribution in [2.45, 2.75) is 25.5 Å². The third-order valence-electron chi connectivity index (χ3n) is 4.16. The van der Waals surface area contributed by atoms with Crippen molar-refractivity contribution in [3.8, 4) is 0 Å². The molecule has 0 radical (unpaired) electrons. The molecule has 0 heterocycles. The molecule has 0 aliphatic carbocycles. The van der Waals surface area contributed by atoms with Gasteiger partial charge in [-0.1, -0.05) is 103 Å². The fourth-order valence-electron chi connectivity index (χ4n) is 3.02. The molecule has 26 heavy (non-hydrogen) atoms. The Bertz CT molecular complexity index is 833. The molecule has 3 aromatic carbocycles. The van der Waals surface area contributed by atoms with E-state index in [0.29, 0.717) is 0 Å². The fourth-order valence-corrected chi connectivity index (χ4v) is 9.52. The van der Waals surface area contributed by atoms with E-state index in [1.54, 1.807) is 0 Å². The quantitative estimate of drug-likeness (QED) is 0.392. The third-order valence-corrected chi connectivity index (χ3v) is 10.3. The van der Waals surface area contributed by atoms with E-state index in [1.807, 2.05) is 18.2 Å². The smallest absolute Gasteiger partial charge is 0.185 e. The molecule has 0 saturated heterocycles. The maximum Gasteiger partial charge on any atom is 0.185 e. The Morgan fingerprint density at radius 3 is 1.46 bits per heavy atom. The molecule has 0 spiro atoms. The summed E-state index contributed by atoms with van der Waals surface area (Å²) >= 11 is 6.51. The highest BCUT2D eigenvalue weighted by molar-refractivity contribution is 8.22. The van der Waals surface area contributed by atoms with Gasteiger partial charge in [-0.2, -0.15) is 0 Å². The van der Waals surface area contributed by atoms with Crippen molar-refractivity contribution in [2.75, 3.05) is 0 Å². The van der Waals surface area contributed by atoms with Crippen molar-refractivity contribution in [3.63, 3.8) is 0 Å². The maximum atomic E-state index is 6.78. The number of rotatable bonds is 6. The zero-order valence-corrected chi connectivity index (χ0v) is 18.2. The van der Waals surface area contributed by atoms with E-state index in [0.717, 1.165) is 0 Å². The topological polar surface area (TPSA) is 9.23 Å². The van der Waals surface area contributed by atoms with Gasteiger partial charge < -0.3 is 4.43 Å². The minimum Gasteiger partial charge on any atom is -0.406 e. The molecule has 0 saturated carbocycles. The van der Waals surface area contributed by atoms with E-state index in [2.05, 4.69) is 92.4 Å². The van der Waals surface area contributed by atoms with Crippen LogP contribution in [0.3, 0.4) is 0 Å². The van der Waals surface area contributed by atoms with E-state index in [1.165, 1.54) is 16.2 Å². The van der Waals surface area contributed by atoms with Gasteiger partial charge in [-0.05, 0) is 35.8 Å². The number of benzene rings is 3. The molecule has 4 heteroatoms. The van der Waals surface area contributed by atoms with Crippen molar-refractivity contribution in [2.24, 2.45) is 0 Å². The van der Waals surface area contributed by atoms with E-state index in [4.69, 9.17) is 16.2 Å². The van der Waals surface area contributed by atoms with Gasteiger partial charge in [0.1, 0.15) is 5.85 Å². The predicted octanol–water partition coefficient (Wildman–Crippen LogP) is 5.67. The average molecular weight is 397 g/mol. The second-order valence-electron chi connectivity index (χ2n) is 7.32. The molecule has 0 amide bonds. The first-order chi connectivity index (χ1) is 12.4. The van der Waals surface area contributed by atoms with Crippen molar-refractivity contribution in [1.82, 2.24) is 0 Å². The zero-order valence-electron chi connectivity index (χ0n) is 15.5. The van der Waals surface area contributed by atoms with Crippen molar-refractivity contribution in [3.05, 3.63) is 96.6 Å². The summed E-state index contributed by atoms with van der Waals surface area (Å²) in [5.41, 5.74) is 1.17. The third kappa shape index (κ3) is 4.24. The van der Waals surface area contributed by atoms with Crippen LogP contribution >= 0.6 is 6.04 Å². The van der Waals surface area contributed by atoms with Gasteiger partial charge in [-0.25, -0.2) is 0 Å². The molecule has 1 atom stereocenters. The molecule has 134 valence electrons. The summed E-state index contributed by atoms with van der Waals surface area (Å²) in [7, 11) is -1.82. The Labute approximate surface area is 163 Å². The largest absolute Gasteiger partial charge is 0.406 e. The van der Waals surface area contributed by atoms with Crippen LogP contribution in [0.2, 0.25) is 19.6 Å². The highest BCUT2D eigenvalue weighted by atomic mass is 32.4. The second-order valence-corrected chi connectivity index (χ2v) is 16.3. The molecule has 0 fully saturated rings. The minimum absolute atomic E-state index is 0.116. The van der Waals surface area contributed by atoms with E-state index < -0.39 is 14.4 Å². The lowest BCUT2D eigenvalue weighted by molar-refractivity contribution is 0.284. The lowest BCUT2D eigenvalue weighted by atomic mass is 10.2. The van der Waals surface area contributed by atoms with Gasteiger partial charge in [-0.15, -0.1) is 0 Å². The summed E-state index contributed by atoms with van der Waals surface area (Å²) < 4.78 is 6.78. The van der Waals surface area contributed by atoms with E-state index in [-0.39, 0.29) is 5.85 Å². The monoisotopic (exact) mass is 396 g/mol. The Morgan fingerprint density at radius 1 is 0.692 bits per heavy atom. The Balaban J connectivity index is 2.25. The van der Waals surface area contributed by atoms with E-state index >= 15 is 0 Å². The van der Waals surface area contributed by atoms with Crippen LogP contribution in [0, 0.1) is 0 Å². The summed E-state index contributed by atoms with van der Waals surface area (Å²) in [4.78, 5) is 0. The van der Waals surface area contributed by atoms with Crippen LogP contribution in [0.4, 0.5) is 0 Å². The van der Waals surface area contributed by atoms with Crippen molar-refractivity contribution < 1.29 is 4.43 Å². The van der Waals surface area contributed by atoms with E-state index in [9.17, 15) is 0 Å². The maximum absolute atomic E-state index is 6.78. The SMILES string of the molecule is C[Si](C)(C)OC(c1ccccc1)P(=S)(c1ccccc1)c1ccccc1. The molecular formula is C22H25OPSSi. The summed E-state index contributed by atoms with van der Waals surface area (Å²) in [5.74, 6) is -0.116. The lowest BCUT2D eigenvalue weighted by Gasteiger charge is -2.36. The van der Waals surface area contributed by atoms with Crippen LogP contribution in [0.15, 0.2) is 91.0 Å². The van der Waals surface area contributed by atoms with Gasteiger partial charge in [0.15, 0.2) is 8.32 Å². The first-order valence-corrected chi connectivity index (χ1v) is 15.1. The Hall–Kier alpha value is -1.51. The lowest BCUT2D eigenvalue weighted by Crippen LogP contribution is -2.32. The molecule has 3 rings (SSSR count). The van der Waals surface area contributed by atoms with Gasteiger partial charge >= 0.3 is 0 Å². The van der Waals surface area contributed by atoms with Gasteiger partial charge in [0.2, 0.25) is 0 Å². The van der Waals surface area contributed by atoms with Crippen molar-refractivity contribution >= 4 is 36.8 Å². The van der Waals surface area contributed by atoms with Crippen LogP contribution in [0.25, 0.3) is 0 Å². The molecule has 3 aromatic rings. The molecule has 1 unspecified atom stereocenters. The van der Waals surface area contributed by atoms with Gasteiger partial charge in [-0.3, -0.25) is 0 Å². The molecule has 0 bridgehead atoms. The van der Waals surface area contributed by atoms with Gasteiger partial charge in [0, 0.05) is 6.04 Å². The predicted molar refractivity (Wildman–Crippen MR) is 120 cm³/mol. The average Bonchev–Trinajstić information content (AvgIpc) is 2.67. The highest BCUT2D eigenvalue weighted by Gasteiger charge is 2.37. The summed E-state index contributed by atoms with van der Waals surface area (Å²) in [5, 5.41) is 2.40. The standard InChI is InChI=1S/C22H25OPSSi/c1-26(2,3)23-22(19-13-7-4-8-14-19)24(25,20-15-9-5-10-16-20)21-17-11-6-12-18-21/h4-18,22H,1-3H3. The van der Waals surface area contributed by atoms with Crippen LogP contribution < -0.4 is 10.6 Å². The summed E-state index contributed by atoms with van der Waals surface area (Å²) in [6, 6.07) is 29.4. The van der Waals surface area contributed by atoms with Crippen molar-refractivity contribution in [1.29, 1.82) is 0 Å².